The normalized spacial score (nSPS) is 12.4. The lowest BCUT2D eigenvalue weighted by atomic mass is 10.2. The van der Waals surface area contributed by atoms with E-state index >= 15 is 0 Å². The van der Waals surface area contributed by atoms with E-state index in [2.05, 4.69) is 11.2 Å². The second-order valence-corrected chi connectivity index (χ2v) is 5.46. The molecule has 0 aliphatic rings. The lowest BCUT2D eigenvalue weighted by Crippen LogP contribution is -2.36. The second kappa shape index (κ2) is 6.61. The van der Waals surface area contributed by atoms with Gasteiger partial charge in [-0.15, -0.1) is 0 Å². The Labute approximate surface area is 126 Å². The average Bonchev–Trinajstić information content (AvgIpc) is 3.07. The first-order valence-corrected chi connectivity index (χ1v) is 7.41. The SMILES string of the molecule is CC[C@@H](C(=O)N(C)CCn1nc(C)cc1C)n1cccc1. The molecule has 0 aliphatic heterocycles. The van der Waals surface area contributed by atoms with Gasteiger partial charge in [-0.25, -0.2) is 0 Å². The van der Waals surface area contributed by atoms with Crippen molar-refractivity contribution in [1.29, 1.82) is 0 Å². The van der Waals surface area contributed by atoms with E-state index in [1.165, 1.54) is 0 Å². The number of aromatic nitrogens is 3. The van der Waals surface area contributed by atoms with Gasteiger partial charge in [-0.05, 0) is 38.5 Å². The van der Waals surface area contributed by atoms with Crippen molar-refractivity contribution in [3.05, 3.63) is 42.0 Å². The highest BCUT2D eigenvalue weighted by Crippen LogP contribution is 2.14. The Morgan fingerprint density at radius 1 is 1.33 bits per heavy atom. The van der Waals surface area contributed by atoms with Crippen LogP contribution >= 0.6 is 0 Å². The summed E-state index contributed by atoms with van der Waals surface area (Å²) in [5, 5.41) is 4.43. The number of hydrogen-bond acceptors (Lipinski definition) is 2. The summed E-state index contributed by atoms with van der Waals surface area (Å²) < 4.78 is 3.93. The van der Waals surface area contributed by atoms with Crippen molar-refractivity contribution in [2.24, 2.45) is 0 Å². The van der Waals surface area contributed by atoms with Gasteiger partial charge < -0.3 is 9.47 Å². The number of hydrogen-bond donors (Lipinski definition) is 0. The fourth-order valence-electron chi connectivity index (χ4n) is 2.58. The predicted octanol–water partition coefficient (Wildman–Crippen LogP) is 2.41. The van der Waals surface area contributed by atoms with Crippen molar-refractivity contribution >= 4 is 5.91 Å². The zero-order valence-electron chi connectivity index (χ0n) is 13.3. The quantitative estimate of drug-likeness (QED) is 0.819. The minimum Gasteiger partial charge on any atom is -0.342 e. The molecular formula is C16H24N4O. The predicted molar refractivity (Wildman–Crippen MR) is 83.1 cm³/mol. The molecule has 0 N–H and O–H groups in total. The first-order chi connectivity index (χ1) is 10.0. The molecule has 2 heterocycles. The van der Waals surface area contributed by atoms with E-state index < -0.39 is 0 Å². The van der Waals surface area contributed by atoms with Crippen LogP contribution in [0.1, 0.15) is 30.8 Å². The first kappa shape index (κ1) is 15.4. The van der Waals surface area contributed by atoms with E-state index in [-0.39, 0.29) is 11.9 Å². The number of carbonyl (C=O) groups excluding carboxylic acids is 1. The number of rotatable bonds is 6. The Bertz CT molecular complexity index is 585. The van der Waals surface area contributed by atoms with Crippen LogP contribution in [0.2, 0.25) is 0 Å². The average molecular weight is 288 g/mol. The van der Waals surface area contributed by atoms with Gasteiger partial charge in [0.15, 0.2) is 0 Å². The van der Waals surface area contributed by atoms with Crippen molar-refractivity contribution in [1.82, 2.24) is 19.2 Å². The van der Waals surface area contributed by atoms with Crippen LogP contribution in [0.25, 0.3) is 0 Å². The van der Waals surface area contributed by atoms with Gasteiger partial charge in [0.05, 0.1) is 12.2 Å². The number of nitrogens with zero attached hydrogens (tertiary/aromatic N) is 4. The molecule has 0 fully saturated rings. The van der Waals surface area contributed by atoms with Crippen molar-refractivity contribution in [3.8, 4) is 0 Å². The van der Waals surface area contributed by atoms with Crippen molar-refractivity contribution in [3.63, 3.8) is 0 Å². The maximum Gasteiger partial charge on any atom is 0.245 e. The number of carbonyl (C=O) groups is 1. The summed E-state index contributed by atoms with van der Waals surface area (Å²) in [6, 6.07) is 5.83. The summed E-state index contributed by atoms with van der Waals surface area (Å²) in [4.78, 5) is 14.4. The lowest BCUT2D eigenvalue weighted by Gasteiger charge is -2.24. The molecule has 2 rings (SSSR count). The molecule has 5 heteroatoms. The van der Waals surface area contributed by atoms with Crippen LogP contribution in [0.5, 0.6) is 0 Å². The third-order valence-electron chi connectivity index (χ3n) is 3.79. The molecule has 0 unspecified atom stereocenters. The van der Waals surface area contributed by atoms with E-state index in [1.54, 1.807) is 4.90 Å². The van der Waals surface area contributed by atoms with Gasteiger partial charge in [0, 0.05) is 31.7 Å². The van der Waals surface area contributed by atoms with E-state index in [0.717, 1.165) is 24.4 Å². The maximum absolute atomic E-state index is 12.6. The molecule has 0 saturated carbocycles. The van der Waals surface area contributed by atoms with Gasteiger partial charge in [0.2, 0.25) is 5.91 Å². The smallest absolute Gasteiger partial charge is 0.245 e. The molecule has 1 atom stereocenters. The summed E-state index contributed by atoms with van der Waals surface area (Å²) in [7, 11) is 1.86. The van der Waals surface area contributed by atoms with E-state index in [0.29, 0.717) is 6.54 Å². The summed E-state index contributed by atoms with van der Waals surface area (Å²) in [6.07, 6.45) is 4.68. The topological polar surface area (TPSA) is 43.1 Å². The van der Waals surface area contributed by atoms with Crippen molar-refractivity contribution in [2.45, 2.75) is 39.8 Å². The van der Waals surface area contributed by atoms with Crippen LogP contribution in [0, 0.1) is 13.8 Å². The Morgan fingerprint density at radius 2 is 2.00 bits per heavy atom. The molecule has 0 saturated heterocycles. The minimum atomic E-state index is -0.120. The van der Waals surface area contributed by atoms with Gasteiger partial charge in [0.25, 0.3) is 0 Å². The standard InChI is InChI=1S/C16H24N4O/c1-5-15(19-8-6-7-9-19)16(21)18(4)10-11-20-14(3)12-13(2)17-20/h6-9,12,15H,5,10-11H2,1-4H3/t15-/m0/s1. The molecule has 5 nitrogen and oxygen atoms in total. The second-order valence-electron chi connectivity index (χ2n) is 5.46. The monoisotopic (exact) mass is 288 g/mol. The van der Waals surface area contributed by atoms with Crippen LogP contribution in [-0.2, 0) is 11.3 Å². The number of likely N-dealkylation sites (N-methyl/N-ethyl adjacent to an activating group) is 1. The van der Waals surface area contributed by atoms with Crippen LogP contribution < -0.4 is 0 Å². The molecule has 0 aliphatic carbocycles. The zero-order chi connectivity index (χ0) is 15.4. The summed E-state index contributed by atoms with van der Waals surface area (Å²) in [6.45, 7) is 7.45. The molecular weight excluding hydrogens is 264 g/mol. The third kappa shape index (κ3) is 3.54. The van der Waals surface area contributed by atoms with Gasteiger partial charge in [0.1, 0.15) is 6.04 Å². The van der Waals surface area contributed by atoms with Crippen molar-refractivity contribution in [2.75, 3.05) is 13.6 Å². The van der Waals surface area contributed by atoms with E-state index in [1.807, 2.05) is 61.6 Å². The number of amides is 1. The summed E-state index contributed by atoms with van der Waals surface area (Å²) >= 11 is 0. The highest BCUT2D eigenvalue weighted by molar-refractivity contribution is 5.80. The molecule has 1 amide bonds. The Balaban J connectivity index is 1.97. The van der Waals surface area contributed by atoms with Gasteiger partial charge in [-0.2, -0.15) is 5.10 Å². The zero-order valence-corrected chi connectivity index (χ0v) is 13.3. The fourth-order valence-corrected chi connectivity index (χ4v) is 2.58. The molecule has 2 aromatic rings. The van der Waals surface area contributed by atoms with Crippen LogP contribution in [0.3, 0.4) is 0 Å². The molecule has 2 aromatic heterocycles. The van der Waals surface area contributed by atoms with Crippen molar-refractivity contribution < 1.29 is 4.79 Å². The Hall–Kier alpha value is -2.04. The summed E-state index contributed by atoms with van der Waals surface area (Å²) in [5.74, 6) is 0.148. The van der Waals surface area contributed by atoms with Crippen LogP contribution in [-0.4, -0.2) is 38.7 Å². The van der Waals surface area contributed by atoms with Crippen LogP contribution in [0.15, 0.2) is 30.6 Å². The molecule has 0 bridgehead atoms. The summed E-state index contributed by atoms with van der Waals surface area (Å²) in [5.41, 5.74) is 2.14. The maximum atomic E-state index is 12.6. The van der Waals surface area contributed by atoms with Crippen LogP contribution in [0.4, 0.5) is 0 Å². The fraction of sp³-hybridized carbons (Fsp3) is 0.500. The first-order valence-electron chi connectivity index (χ1n) is 7.41. The largest absolute Gasteiger partial charge is 0.342 e. The van der Waals surface area contributed by atoms with Gasteiger partial charge >= 0.3 is 0 Å². The third-order valence-corrected chi connectivity index (χ3v) is 3.79. The van der Waals surface area contributed by atoms with Gasteiger partial charge in [-0.1, -0.05) is 6.92 Å². The molecule has 0 spiro atoms. The highest BCUT2D eigenvalue weighted by Gasteiger charge is 2.21. The molecule has 114 valence electrons. The highest BCUT2D eigenvalue weighted by atomic mass is 16.2. The molecule has 0 radical (unpaired) electrons. The Kier molecular flexibility index (Phi) is 4.83. The van der Waals surface area contributed by atoms with E-state index in [4.69, 9.17) is 0 Å². The van der Waals surface area contributed by atoms with E-state index in [9.17, 15) is 4.79 Å². The minimum absolute atomic E-state index is 0.120. The number of aryl methyl sites for hydroxylation is 2. The molecule has 21 heavy (non-hydrogen) atoms. The lowest BCUT2D eigenvalue weighted by molar-refractivity contribution is -0.133. The van der Waals surface area contributed by atoms with Gasteiger partial charge in [-0.3, -0.25) is 9.48 Å². The molecule has 0 aromatic carbocycles. The Morgan fingerprint density at radius 3 is 2.52 bits per heavy atom.